The highest BCUT2D eigenvalue weighted by molar-refractivity contribution is 6.07. The van der Waals surface area contributed by atoms with Crippen LogP contribution in [0.5, 0.6) is 11.5 Å². The van der Waals surface area contributed by atoms with E-state index in [0.717, 1.165) is 11.3 Å². The van der Waals surface area contributed by atoms with E-state index < -0.39 is 0 Å². The predicted molar refractivity (Wildman–Crippen MR) is 87.5 cm³/mol. The van der Waals surface area contributed by atoms with Crippen LogP contribution in [0.4, 0.5) is 5.82 Å². The number of carbonyl (C=O) groups is 1. The Hall–Kier alpha value is -2.50. The largest absolute Gasteiger partial charge is 0.497 e. The van der Waals surface area contributed by atoms with Gasteiger partial charge in [-0.3, -0.25) is 4.79 Å². The zero-order valence-corrected chi connectivity index (χ0v) is 14.1. The number of hydrogen-bond acceptors (Lipinski definition) is 5. The van der Waals surface area contributed by atoms with Gasteiger partial charge in [0.05, 0.1) is 19.8 Å². The lowest BCUT2D eigenvalue weighted by molar-refractivity contribution is 0.102. The number of aryl methyl sites for hydroxylation is 1. The van der Waals surface area contributed by atoms with Crippen molar-refractivity contribution in [1.29, 1.82) is 0 Å². The number of aromatic nitrogens is 1. The first-order chi connectivity index (χ1) is 11.0. The Labute approximate surface area is 135 Å². The number of benzene rings is 1. The molecule has 0 atom stereocenters. The van der Waals surface area contributed by atoms with Crippen LogP contribution < -0.4 is 14.8 Å². The highest BCUT2D eigenvalue weighted by Gasteiger charge is 2.20. The number of amides is 1. The van der Waals surface area contributed by atoms with Gasteiger partial charge in [-0.25, -0.2) is 0 Å². The average molecular weight is 318 g/mol. The van der Waals surface area contributed by atoms with E-state index >= 15 is 0 Å². The molecule has 0 radical (unpaired) electrons. The summed E-state index contributed by atoms with van der Waals surface area (Å²) in [7, 11) is 3.11. The van der Waals surface area contributed by atoms with Gasteiger partial charge in [-0.2, -0.15) is 0 Å². The Morgan fingerprint density at radius 1 is 1.26 bits per heavy atom. The molecule has 1 aromatic heterocycles. The third kappa shape index (κ3) is 3.64. The molecule has 23 heavy (non-hydrogen) atoms. The minimum Gasteiger partial charge on any atom is -0.497 e. The zero-order valence-electron chi connectivity index (χ0n) is 14.1. The summed E-state index contributed by atoms with van der Waals surface area (Å²) < 4.78 is 15.8. The van der Waals surface area contributed by atoms with Crippen LogP contribution >= 0.6 is 0 Å². The Bertz CT molecular complexity index is 667. The topological polar surface area (TPSA) is 73.6 Å². The standard InChI is InChI=1S/C17H22N2O4/c1-6-11-7-12(21-4)8-14(22-5)16(11)17(20)18-15-9-13(10(2)3)23-19-15/h7-10H,6H2,1-5H3,(H,18,19,20). The second-order valence-electron chi connectivity index (χ2n) is 5.44. The predicted octanol–water partition coefficient (Wildman–Crippen LogP) is 3.63. The fourth-order valence-corrected chi connectivity index (χ4v) is 2.26. The molecule has 0 aliphatic rings. The molecule has 0 fully saturated rings. The van der Waals surface area contributed by atoms with Crippen molar-refractivity contribution >= 4 is 11.7 Å². The van der Waals surface area contributed by atoms with Gasteiger partial charge in [-0.15, -0.1) is 0 Å². The van der Waals surface area contributed by atoms with Crippen molar-refractivity contribution in [2.75, 3.05) is 19.5 Å². The lowest BCUT2D eigenvalue weighted by Gasteiger charge is -2.14. The van der Waals surface area contributed by atoms with Gasteiger partial charge >= 0.3 is 0 Å². The first-order valence-electron chi connectivity index (χ1n) is 7.53. The molecule has 2 rings (SSSR count). The molecule has 1 heterocycles. The van der Waals surface area contributed by atoms with Crippen LogP contribution in [0.1, 0.15) is 48.4 Å². The second-order valence-corrected chi connectivity index (χ2v) is 5.44. The van der Waals surface area contributed by atoms with Crippen LogP contribution in [-0.4, -0.2) is 25.3 Å². The van der Waals surface area contributed by atoms with Crippen molar-refractivity contribution in [2.24, 2.45) is 0 Å². The molecular formula is C17H22N2O4. The molecular weight excluding hydrogens is 296 g/mol. The van der Waals surface area contributed by atoms with Crippen molar-refractivity contribution in [2.45, 2.75) is 33.1 Å². The summed E-state index contributed by atoms with van der Waals surface area (Å²) >= 11 is 0. The molecule has 0 saturated carbocycles. The van der Waals surface area contributed by atoms with Gasteiger partial charge in [0.1, 0.15) is 17.3 Å². The van der Waals surface area contributed by atoms with Crippen LogP contribution in [0.2, 0.25) is 0 Å². The Morgan fingerprint density at radius 2 is 2.00 bits per heavy atom. The quantitative estimate of drug-likeness (QED) is 0.880. The number of carbonyl (C=O) groups excluding carboxylic acids is 1. The third-order valence-corrected chi connectivity index (χ3v) is 3.56. The maximum Gasteiger partial charge on any atom is 0.260 e. The smallest absolute Gasteiger partial charge is 0.260 e. The summed E-state index contributed by atoms with van der Waals surface area (Å²) in [6, 6.07) is 5.25. The first kappa shape index (κ1) is 16.9. The molecule has 0 aliphatic heterocycles. The fourth-order valence-electron chi connectivity index (χ4n) is 2.26. The second kappa shape index (κ2) is 7.17. The lowest BCUT2D eigenvalue weighted by atomic mass is 10.0. The third-order valence-electron chi connectivity index (χ3n) is 3.56. The minimum atomic E-state index is -0.287. The van der Waals surface area contributed by atoms with E-state index in [0.29, 0.717) is 29.3 Å². The van der Waals surface area contributed by atoms with Crippen molar-refractivity contribution < 1.29 is 18.8 Å². The van der Waals surface area contributed by atoms with Gasteiger partial charge < -0.3 is 19.3 Å². The number of nitrogens with zero attached hydrogens (tertiary/aromatic N) is 1. The van der Waals surface area contributed by atoms with Crippen LogP contribution in [-0.2, 0) is 6.42 Å². The number of methoxy groups -OCH3 is 2. The maximum absolute atomic E-state index is 12.6. The van der Waals surface area contributed by atoms with Gasteiger partial charge in [0, 0.05) is 18.1 Å². The van der Waals surface area contributed by atoms with E-state index in [4.69, 9.17) is 14.0 Å². The van der Waals surface area contributed by atoms with Crippen LogP contribution in [0.15, 0.2) is 22.7 Å². The van der Waals surface area contributed by atoms with Crippen LogP contribution in [0.25, 0.3) is 0 Å². The van der Waals surface area contributed by atoms with Gasteiger partial charge in [0.25, 0.3) is 5.91 Å². The maximum atomic E-state index is 12.6. The number of nitrogens with one attached hydrogen (secondary N) is 1. The van der Waals surface area contributed by atoms with Crippen LogP contribution in [0, 0.1) is 0 Å². The Morgan fingerprint density at radius 3 is 2.52 bits per heavy atom. The van der Waals surface area contributed by atoms with Crippen molar-refractivity contribution in [3.63, 3.8) is 0 Å². The summed E-state index contributed by atoms with van der Waals surface area (Å²) in [5, 5.41) is 6.63. The number of hydrogen-bond donors (Lipinski definition) is 1. The van der Waals surface area contributed by atoms with Crippen molar-refractivity contribution in [3.05, 3.63) is 35.1 Å². The molecule has 0 saturated heterocycles. The molecule has 1 N–H and O–H groups in total. The van der Waals surface area contributed by atoms with Gasteiger partial charge in [0.15, 0.2) is 5.82 Å². The summed E-state index contributed by atoms with van der Waals surface area (Å²) in [5.74, 6) is 2.14. The fraction of sp³-hybridized carbons (Fsp3) is 0.412. The molecule has 0 bridgehead atoms. The lowest BCUT2D eigenvalue weighted by Crippen LogP contribution is -2.16. The zero-order chi connectivity index (χ0) is 17.0. The molecule has 1 aromatic carbocycles. The molecule has 0 unspecified atom stereocenters. The van der Waals surface area contributed by atoms with Crippen LogP contribution in [0.3, 0.4) is 0 Å². The van der Waals surface area contributed by atoms with Crippen molar-refractivity contribution in [3.8, 4) is 11.5 Å². The Balaban J connectivity index is 2.33. The number of anilines is 1. The van der Waals surface area contributed by atoms with E-state index in [-0.39, 0.29) is 11.8 Å². The van der Waals surface area contributed by atoms with Gasteiger partial charge in [-0.1, -0.05) is 25.9 Å². The summed E-state index contributed by atoms with van der Waals surface area (Å²) in [6.07, 6.45) is 0.673. The first-order valence-corrected chi connectivity index (χ1v) is 7.53. The molecule has 2 aromatic rings. The van der Waals surface area contributed by atoms with E-state index in [1.807, 2.05) is 26.8 Å². The monoisotopic (exact) mass is 318 g/mol. The number of rotatable bonds is 6. The molecule has 0 aliphatic carbocycles. The summed E-state index contributed by atoms with van der Waals surface area (Å²) in [6.45, 7) is 5.96. The molecule has 0 spiro atoms. The SMILES string of the molecule is CCc1cc(OC)cc(OC)c1C(=O)Nc1cc(C(C)C)on1. The van der Waals surface area contributed by atoms with E-state index in [1.165, 1.54) is 7.11 Å². The van der Waals surface area contributed by atoms with E-state index in [9.17, 15) is 4.79 Å². The van der Waals surface area contributed by atoms with E-state index in [1.54, 1.807) is 19.2 Å². The summed E-state index contributed by atoms with van der Waals surface area (Å²) in [4.78, 5) is 12.6. The highest BCUT2D eigenvalue weighted by atomic mass is 16.5. The van der Waals surface area contributed by atoms with Crippen molar-refractivity contribution in [1.82, 2.24) is 5.16 Å². The highest BCUT2D eigenvalue weighted by Crippen LogP contribution is 2.30. The summed E-state index contributed by atoms with van der Waals surface area (Å²) in [5.41, 5.74) is 1.32. The molecule has 6 heteroatoms. The molecule has 6 nitrogen and oxygen atoms in total. The van der Waals surface area contributed by atoms with E-state index in [2.05, 4.69) is 10.5 Å². The Kier molecular flexibility index (Phi) is 5.26. The average Bonchev–Trinajstić information content (AvgIpc) is 3.01. The molecule has 1 amide bonds. The number of ether oxygens (including phenoxy) is 2. The minimum absolute atomic E-state index is 0.204. The molecule has 124 valence electrons. The van der Waals surface area contributed by atoms with Gasteiger partial charge in [-0.05, 0) is 18.1 Å². The van der Waals surface area contributed by atoms with Gasteiger partial charge in [0.2, 0.25) is 0 Å². The normalized spacial score (nSPS) is 10.7.